The van der Waals surface area contributed by atoms with Gasteiger partial charge in [0.05, 0.1) is 24.2 Å². The number of hydrogen-bond acceptors (Lipinski definition) is 4. The summed E-state index contributed by atoms with van der Waals surface area (Å²) >= 11 is 0. The molecule has 27 heavy (non-hydrogen) atoms. The van der Waals surface area contributed by atoms with Crippen molar-refractivity contribution in [2.75, 3.05) is 26.8 Å². The van der Waals surface area contributed by atoms with E-state index >= 15 is 0 Å². The number of methoxy groups -OCH3 is 1. The number of hydrogen-bond donors (Lipinski definition) is 1. The normalized spacial score (nSPS) is 17.7. The van der Waals surface area contributed by atoms with E-state index in [1.54, 1.807) is 7.11 Å². The van der Waals surface area contributed by atoms with Crippen molar-refractivity contribution in [1.82, 2.24) is 10.2 Å². The Labute approximate surface area is 160 Å². The molecule has 1 N–H and O–H groups in total. The van der Waals surface area contributed by atoms with Crippen LogP contribution in [0.3, 0.4) is 0 Å². The summed E-state index contributed by atoms with van der Waals surface area (Å²) < 4.78 is 5.15. The molecule has 2 aromatic carbocycles. The fourth-order valence-electron chi connectivity index (χ4n) is 3.61. The minimum absolute atomic E-state index is 0.0823. The highest BCUT2D eigenvalue weighted by Crippen LogP contribution is 2.32. The predicted octanol–water partition coefficient (Wildman–Crippen LogP) is 2.88. The first-order valence-electron chi connectivity index (χ1n) is 9.28. The molecule has 3 rings (SSSR count). The van der Waals surface area contributed by atoms with Crippen LogP contribution in [0.1, 0.15) is 29.2 Å². The summed E-state index contributed by atoms with van der Waals surface area (Å²) in [7, 11) is 1.67. The van der Waals surface area contributed by atoms with E-state index in [2.05, 4.69) is 23.5 Å². The predicted molar refractivity (Wildman–Crippen MR) is 104 cm³/mol. The third kappa shape index (κ3) is 4.73. The molecule has 0 spiro atoms. The van der Waals surface area contributed by atoms with E-state index in [0.29, 0.717) is 25.3 Å². The number of nitrogens with one attached hydrogen (secondary N) is 1. The van der Waals surface area contributed by atoms with Crippen molar-refractivity contribution < 1.29 is 9.53 Å². The second-order valence-electron chi connectivity index (χ2n) is 6.80. The molecule has 0 unspecified atom stereocenters. The van der Waals surface area contributed by atoms with E-state index in [0.717, 1.165) is 24.1 Å². The smallest absolute Gasteiger partial charge is 0.227 e. The maximum absolute atomic E-state index is 13.1. The van der Waals surface area contributed by atoms with Crippen LogP contribution in [0.2, 0.25) is 0 Å². The van der Waals surface area contributed by atoms with Crippen LogP contribution in [0.25, 0.3) is 0 Å². The van der Waals surface area contributed by atoms with Gasteiger partial charge < -0.3 is 15.0 Å². The lowest BCUT2D eigenvalue weighted by Gasteiger charge is -2.25. The molecule has 1 amide bonds. The van der Waals surface area contributed by atoms with E-state index in [-0.39, 0.29) is 17.9 Å². The number of likely N-dealkylation sites (tertiary alicyclic amines) is 1. The van der Waals surface area contributed by atoms with Crippen molar-refractivity contribution in [3.63, 3.8) is 0 Å². The van der Waals surface area contributed by atoms with Gasteiger partial charge in [0, 0.05) is 32.8 Å². The van der Waals surface area contributed by atoms with Crippen LogP contribution < -0.4 is 5.32 Å². The first-order chi connectivity index (χ1) is 13.2. The molecule has 1 saturated heterocycles. The van der Waals surface area contributed by atoms with Crippen LogP contribution in [-0.2, 0) is 16.1 Å². The molecule has 2 aromatic rings. The summed E-state index contributed by atoms with van der Waals surface area (Å²) in [5.41, 5.74) is 2.80. The number of benzene rings is 2. The maximum atomic E-state index is 13.1. The number of nitrogens with zero attached hydrogens (tertiary/aromatic N) is 2. The quantitative estimate of drug-likeness (QED) is 0.733. The summed E-state index contributed by atoms with van der Waals surface area (Å²) in [4.78, 5) is 15.0. The lowest BCUT2D eigenvalue weighted by Crippen LogP contribution is -2.36. The Kier molecular flexibility index (Phi) is 6.59. The Morgan fingerprint density at radius 1 is 1.22 bits per heavy atom. The monoisotopic (exact) mass is 363 g/mol. The fraction of sp³-hybridized carbons (Fsp3) is 0.364. The Bertz CT molecular complexity index is 783. The third-order valence-corrected chi connectivity index (χ3v) is 5.03. The van der Waals surface area contributed by atoms with Gasteiger partial charge in [-0.05, 0) is 29.7 Å². The Morgan fingerprint density at radius 3 is 2.63 bits per heavy atom. The second kappa shape index (κ2) is 9.31. The highest BCUT2D eigenvalue weighted by Gasteiger charge is 2.37. The van der Waals surface area contributed by atoms with Gasteiger partial charge in [0.25, 0.3) is 0 Å². The lowest BCUT2D eigenvalue weighted by molar-refractivity contribution is -0.132. The zero-order valence-corrected chi connectivity index (χ0v) is 15.6. The lowest BCUT2D eigenvalue weighted by atomic mass is 9.91. The van der Waals surface area contributed by atoms with Crippen molar-refractivity contribution in [3.8, 4) is 6.07 Å². The highest BCUT2D eigenvalue weighted by molar-refractivity contribution is 5.81. The molecule has 5 heteroatoms. The summed E-state index contributed by atoms with van der Waals surface area (Å²) in [5, 5.41) is 12.5. The summed E-state index contributed by atoms with van der Waals surface area (Å²) in [6.07, 6.45) is 0.816. The molecule has 0 aliphatic carbocycles. The van der Waals surface area contributed by atoms with E-state index in [9.17, 15) is 4.79 Å². The zero-order valence-electron chi connectivity index (χ0n) is 15.6. The maximum Gasteiger partial charge on any atom is 0.227 e. The van der Waals surface area contributed by atoms with Gasteiger partial charge in [-0.2, -0.15) is 5.26 Å². The van der Waals surface area contributed by atoms with Crippen molar-refractivity contribution in [2.45, 2.75) is 19.0 Å². The molecule has 5 nitrogen and oxygen atoms in total. The van der Waals surface area contributed by atoms with Gasteiger partial charge in [0.1, 0.15) is 0 Å². The van der Waals surface area contributed by atoms with E-state index < -0.39 is 0 Å². The average molecular weight is 363 g/mol. The third-order valence-electron chi connectivity index (χ3n) is 5.03. The number of amides is 1. The number of ether oxygens (including phenoxy) is 1. The number of rotatable bonds is 8. The molecule has 0 bridgehead atoms. The van der Waals surface area contributed by atoms with Gasteiger partial charge in [-0.25, -0.2) is 0 Å². The van der Waals surface area contributed by atoms with Crippen LogP contribution in [0.4, 0.5) is 0 Å². The largest absolute Gasteiger partial charge is 0.383 e. The van der Waals surface area contributed by atoms with Gasteiger partial charge in [-0.15, -0.1) is 0 Å². The summed E-state index contributed by atoms with van der Waals surface area (Å²) in [5.74, 6) is 0.0663. The summed E-state index contributed by atoms with van der Waals surface area (Å²) in [6.45, 7) is 2.66. The molecule has 0 aromatic heterocycles. The molecule has 1 fully saturated rings. The van der Waals surface area contributed by atoms with Gasteiger partial charge >= 0.3 is 0 Å². The van der Waals surface area contributed by atoms with Crippen LogP contribution in [-0.4, -0.2) is 37.6 Å². The minimum atomic E-state index is -0.112. The first kappa shape index (κ1) is 19.1. The van der Waals surface area contributed by atoms with Gasteiger partial charge in [-0.1, -0.05) is 42.5 Å². The SMILES string of the molecule is COCCN[C@H](c1ccc(C#N)cc1)[C@H]1CCN(Cc2ccccc2)C1=O. The van der Waals surface area contributed by atoms with E-state index in [1.165, 1.54) is 0 Å². The molecular weight excluding hydrogens is 338 g/mol. The van der Waals surface area contributed by atoms with Gasteiger partial charge in [0.15, 0.2) is 0 Å². The number of carbonyl (C=O) groups excluding carboxylic acids is 1. The second-order valence-corrected chi connectivity index (χ2v) is 6.80. The van der Waals surface area contributed by atoms with Crippen molar-refractivity contribution in [3.05, 3.63) is 71.3 Å². The molecule has 1 aliphatic rings. The van der Waals surface area contributed by atoms with Crippen molar-refractivity contribution in [1.29, 1.82) is 5.26 Å². The standard InChI is InChI=1S/C22H25N3O2/c1-27-14-12-24-21(19-9-7-17(15-23)8-10-19)20-11-13-25(22(20)26)16-18-5-3-2-4-6-18/h2-10,20-21,24H,11-14,16H2,1H3/t20-,21-/m1/s1. The van der Waals surface area contributed by atoms with Crippen LogP contribution in [0.5, 0.6) is 0 Å². The molecular formula is C22H25N3O2. The van der Waals surface area contributed by atoms with Crippen molar-refractivity contribution in [2.24, 2.45) is 5.92 Å². The Hall–Kier alpha value is -2.68. The van der Waals surface area contributed by atoms with E-state index in [4.69, 9.17) is 10.00 Å². The van der Waals surface area contributed by atoms with Gasteiger partial charge in [-0.3, -0.25) is 4.79 Å². The number of carbonyl (C=O) groups is 1. The van der Waals surface area contributed by atoms with Gasteiger partial charge in [0.2, 0.25) is 5.91 Å². The van der Waals surface area contributed by atoms with Crippen LogP contribution in [0, 0.1) is 17.2 Å². The molecule has 1 heterocycles. The number of nitriles is 1. The Balaban J connectivity index is 1.75. The minimum Gasteiger partial charge on any atom is -0.383 e. The van der Waals surface area contributed by atoms with Crippen LogP contribution in [0.15, 0.2) is 54.6 Å². The average Bonchev–Trinajstić information content (AvgIpc) is 3.06. The zero-order chi connectivity index (χ0) is 19.1. The topological polar surface area (TPSA) is 65.4 Å². The molecule has 1 aliphatic heterocycles. The fourth-order valence-corrected chi connectivity index (χ4v) is 3.61. The Morgan fingerprint density at radius 2 is 1.96 bits per heavy atom. The summed E-state index contributed by atoms with van der Waals surface area (Å²) in [6, 6.07) is 19.6. The van der Waals surface area contributed by atoms with Crippen LogP contribution >= 0.6 is 0 Å². The molecule has 0 saturated carbocycles. The molecule has 2 atom stereocenters. The van der Waals surface area contributed by atoms with Crippen molar-refractivity contribution >= 4 is 5.91 Å². The molecule has 140 valence electrons. The first-order valence-corrected chi connectivity index (χ1v) is 9.28. The highest BCUT2D eigenvalue weighted by atomic mass is 16.5. The van der Waals surface area contributed by atoms with E-state index in [1.807, 2.05) is 47.4 Å². The molecule has 0 radical (unpaired) electrons.